The first-order chi connectivity index (χ1) is 25.2. The van der Waals surface area contributed by atoms with E-state index in [4.69, 9.17) is 9.47 Å². The molecule has 1 atom stereocenters. The Morgan fingerprint density at radius 1 is 0.755 bits per heavy atom. The van der Waals surface area contributed by atoms with Gasteiger partial charge in [-0.05, 0) is 56.4 Å². The molecule has 3 rings (SSSR count). The molecule has 14 heteroatoms. The maximum absolute atomic E-state index is 15.0. The number of benzene rings is 1. The van der Waals surface area contributed by atoms with Crippen LogP contribution in [0, 0.1) is 0 Å². The highest BCUT2D eigenvalue weighted by Crippen LogP contribution is 2.19. The van der Waals surface area contributed by atoms with Crippen molar-refractivity contribution in [2.45, 2.75) is 130 Å². The smallest absolute Gasteiger partial charge is 0.407 e. The van der Waals surface area contributed by atoms with Gasteiger partial charge in [-0.25, -0.2) is 14.8 Å². The van der Waals surface area contributed by atoms with Gasteiger partial charge in [-0.3, -0.25) is 9.69 Å². The fraction of sp³-hybridized carbons (Fsp3) is 0.641. The molecule has 0 radical (unpaired) electrons. The quantitative estimate of drug-likeness (QED) is 0.0653. The molecule has 0 fully saturated rings. The van der Waals surface area contributed by atoms with Gasteiger partial charge in [0.25, 0.3) is 0 Å². The van der Waals surface area contributed by atoms with E-state index >= 15 is 0 Å². The van der Waals surface area contributed by atoms with E-state index in [1.807, 2.05) is 56.8 Å². The van der Waals surface area contributed by atoms with Crippen LogP contribution in [-0.2, 0) is 47.4 Å². The number of nitrogens with zero attached hydrogens (tertiary/aromatic N) is 7. The van der Waals surface area contributed by atoms with Crippen LogP contribution in [0.2, 0.25) is 51.4 Å². The average molecular weight is 770 g/mol. The molecule has 12 nitrogen and oxygen atoms in total. The van der Waals surface area contributed by atoms with Crippen molar-refractivity contribution in [2.75, 3.05) is 32.8 Å². The molecule has 0 aliphatic heterocycles. The lowest BCUT2D eigenvalue weighted by Gasteiger charge is -2.35. The first kappa shape index (κ1) is 44.1. The molecular formula is C39H67N7O5Si2. The molecule has 0 spiro atoms. The van der Waals surface area contributed by atoms with Crippen LogP contribution < -0.4 is 0 Å². The summed E-state index contributed by atoms with van der Waals surface area (Å²) in [6.07, 6.45) is 9.25. The summed E-state index contributed by atoms with van der Waals surface area (Å²) in [5, 5.41) is 10.1. The molecule has 1 unspecified atom stereocenters. The number of aromatic nitrogens is 4. The molecule has 1 N–H and O–H groups in total. The number of carboxylic acid groups (broad SMARTS) is 1. The molecular weight excluding hydrogens is 703 g/mol. The molecule has 3 aromatic rings. The number of carbonyl (C=O) groups is 2. The minimum atomic E-state index is -1.24. The van der Waals surface area contributed by atoms with Gasteiger partial charge in [0.05, 0.1) is 19.1 Å². The fourth-order valence-electron chi connectivity index (χ4n) is 6.05. The van der Waals surface area contributed by atoms with Gasteiger partial charge >= 0.3 is 6.09 Å². The second-order valence-electron chi connectivity index (χ2n) is 16.4. The van der Waals surface area contributed by atoms with Gasteiger partial charge in [-0.1, -0.05) is 83.5 Å². The molecule has 0 aliphatic rings. The molecule has 1 aromatic carbocycles. The first-order valence-corrected chi connectivity index (χ1v) is 26.8. The highest BCUT2D eigenvalue weighted by atomic mass is 28.3. The SMILES string of the molecule is CCCN(CCC)C(CCCN(Cc1ccccc1)C(=O)O)C(=O)N(Cc1nccn1COCC[Si](C)(C)C)Cc1nccn1COCC[Si](C)(C)C. The van der Waals surface area contributed by atoms with E-state index in [2.05, 4.69) is 68.0 Å². The summed E-state index contributed by atoms with van der Waals surface area (Å²) < 4.78 is 16.1. The molecule has 2 amide bonds. The molecule has 0 bridgehead atoms. The highest BCUT2D eigenvalue weighted by Gasteiger charge is 2.31. The number of hydrogen-bond acceptors (Lipinski definition) is 7. The minimum absolute atomic E-state index is 0.0137. The van der Waals surface area contributed by atoms with Gasteiger partial charge in [0.1, 0.15) is 25.1 Å². The number of ether oxygens (including phenoxy) is 2. The second kappa shape index (κ2) is 22.2. The van der Waals surface area contributed by atoms with Crippen molar-refractivity contribution in [1.29, 1.82) is 0 Å². The number of rotatable bonds is 26. The van der Waals surface area contributed by atoms with E-state index in [9.17, 15) is 14.7 Å². The summed E-state index contributed by atoms with van der Waals surface area (Å²) in [5.74, 6) is 1.47. The van der Waals surface area contributed by atoms with Crippen molar-refractivity contribution in [1.82, 2.24) is 33.8 Å². The van der Waals surface area contributed by atoms with Crippen LogP contribution >= 0.6 is 0 Å². The summed E-state index contributed by atoms with van der Waals surface area (Å²) in [7, 11) is -2.48. The van der Waals surface area contributed by atoms with Crippen molar-refractivity contribution >= 4 is 28.1 Å². The minimum Gasteiger partial charge on any atom is -0.465 e. The van der Waals surface area contributed by atoms with E-state index in [0.29, 0.717) is 52.6 Å². The predicted octanol–water partition coefficient (Wildman–Crippen LogP) is 7.68. The van der Waals surface area contributed by atoms with Crippen molar-refractivity contribution < 1.29 is 24.2 Å². The zero-order valence-corrected chi connectivity index (χ0v) is 35.8. The van der Waals surface area contributed by atoms with Crippen LogP contribution in [0.1, 0.15) is 56.7 Å². The molecule has 0 aliphatic carbocycles. The monoisotopic (exact) mass is 769 g/mol. The Balaban J connectivity index is 1.88. The molecule has 0 saturated heterocycles. The number of amides is 2. The van der Waals surface area contributed by atoms with Gasteiger partial charge in [0.15, 0.2) is 0 Å². The average Bonchev–Trinajstić information content (AvgIpc) is 3.74. The van der Waals surface area contributed by atoms with Gasteiger partial charge in [0, 0.05) is 67.2 Å². The molecule has 296 valence electrons. The maximum atomic E-state index is 15.0. The van der Waals surface area contributed by atoms with E-state index in [1.165, 1.54) is 4.90 Å². The summed E-state index contributed by atoms with van der Waals surface area (Å²) in [6, 6.07) is 11.3. The third-order valence-electron chi connectivity index (χ3n) is 9.17. The lowest BCUT2D eigenvalue weighted by Crippen LogP contribution is -2.49. The van der Waals surface area contributed by atoms with E-state index in [0.717, 1.165) is 55.2 Å². The summed E-state index contributed by atoms with van der Waals surface area (Å²) in [4.78, 5) is 42.2. The van der Waals surface area contributed by atoms with Crippen molar-refractivity contribution in [2.24, 2.45) is 0 Å². The van der Waals surface area contributed by atoms with Crippen LogP contribution in [-0.4, -0.2) is 106 Å². The number of carbonyl (C=O) groups excluding carboxylic acids is 1. The Labute approximate surface area is 320 Å². The van der Waals surface area contributed by atoms with Gasteiger partial charge < -0.3 is 33.5 Å². The van der Waals surface area contributed by atoms with Crippen LogP contribution in [0.3, 0.4) is 0 Å². The van der Waals surface area contributed by atoms with E-state index in [-0.39, 0.29) is 19.0 Å². The maximum Gasteiger partial charge on any atom is 0.407 e. The molecule has 2 aromatic heterocycles. The largest absolute Gasteiger partial charge is 0.465 e. The number of imidazole rings is 2. The standard InChI is InChI=1S/C39H67N7O5Si2/c1-9-20-42(21-10-2)35(17-14-22-43(39(48)49)29-34-15-12-11-13-16-34)38(47)46(30-36-40-18-23-44(36)32-50-25-27-52(3,4)5)31-37-41-19-24-45(37)33-51-26-28-53(6,7)8/h11-13,15-16,18-19,23-24,35H,9-10,14,17,20-22,25-33H2,1-8H3,(H,48,49). The van der Waals surface area contributed by atoms with Gasteiger partial charge in [-0.15, -0.1) is 0 Å². The zero-order chi connectivity index (χ0) is 38.9. The molecule has 0 saturated carbocycles. The molecule has 53 heavy (non-hydrogen) atoms. The normalized spacial score (nSPS) is 12.7. The molecule has 2 heterocycles. The van der Waals surface area contributed by atoms with Crippen LogP contribution in [0.25, 0.3) is 0 Å². The van der Waals surface area contributed by atoms with Crippen LogP contribution in [0.4, 0.5) is 4.79 Å². The van der Waals surface area contributed by atoms with Crippen molar-refractivity contribution in [3.05, 3.63) is 72.3 Å². The van der Waals surface area contributed by atoms with E-state index < -0.39 is 28.3 Å². The Bertz CT molecular complexity index is 1420. The Morgan fingerprint density at radius 3 is 1.72 bits per heavy atom. The van der Waals surface area contributed by atoms with Crippen LogP contribution in [0.15, 0.2) is 55.1 Å². The third kappa shape index (κ3) is 16.3. The van der Waals surface area contributed by atoms with Gasteiger partial charge in [-0.2, -0.15) is 0 Å². The van der Waals surface area contributed by atoms with E-state index in [1.54, 1.807) is 12.4 Å². The lowest BCUT2D eigenvalue weighted by atomic mass is 10.1. The Morgan fingerprint density at radius 2 is 1.26 bits per heavy atom. The predicted molar refractivity (Wildman–Crippen MR) is 217 cm³/mol. The summed E-state index contributed by atoms with van der Waals surface area (Å²) >= 11 is 0. The fourth-order valence-corrected chi connectivity index (χ4v) is 7.56. The summed E-state index contributed by atoms with van der Waals surface area (Å²) in [5.41, 5.74) is 0.937. The zero-order valence-electron chi connectivity index (χ0n) is 33.8. The topological polar surface area (TPSA) is 118 Å². The third-order valence-corrected chi connectivity index (χ3v) is 12.6. The number of hydrogen-bond donors (Lipinski definition) is 1. The highest BCUT2D eigenvalue weighted by molar-refractivity contribution is 6.76. The van der Waals surface area contributed by atoms with Gasteiger partial charge in [0.2, 0.25) is 5.91 Å². The lowest BCUT2D eigenvalue weighted by molar-refractivity contribution is -0.139. The van der Waals surface area contributed by atoms with Crippen molar-refractivity contribution in [3.63, 3.8) is 0 Å². The van der Waals surface area contributed by atoms with Crippen molar-refractivity contribution in [3.8, 4) is 0 Å². The van der Waals surface area contributed by atoms with Crippen LogP contribution in [0.5, 0.6) is 0 Å². The first-order valence-electron chi connectivity index (χ1n) is 19.4. The Hall–Kier alpha value is -3.31. The second-order valence-corrected chi connectivity index (χ2v) is 27.6. The summed E-state index contributed by atoms with van der Waals surface area (Å²) in [6.45, 7) is 23.1. The Kier molecular flexibility index (Phi) is 18.4.